The number of benzene rings is 1. The minimum atomic E-state index is -4.89. The van der Waals surface area contributed by atoms with Crippen LogP contribution in [0, 0.1) is 13.8 Å². The standard InChI is InChI=1S/C17H21N4O9P/c1-7-3-9-10(4-8(7)2)21(15-13(18-9)16(25)20-17(26)19-15)5-11(22)14(24)12(23)6-30-31(27,28)29/h3-4,11-12,14,22-24H,5-6H2,1-2H3,(H3,20,25,26,27,28,29)/p+1/t11-,12+,14-/m1/s1. The van der Waals surface area contributed by atoms with Crippen molar-refractivity contribution in [3.05, 3.63) is 44.1 Å². The molecule has 7 N–H and O–H groups in total. The monoisotopic (exact) mass is 457 g/mol. The van der Waals surface area contributed by atoms with Crippen molar-refractivity contribution in [2.75, 3.05) is 6.61 Å². The summed E-state index contributed by atoms with van der Waals surface area (Å²) in [4.78, 5) is 50.3. The summed E-state index contributed by atoms with van der Waals surface area (Å²) >= 11 is 0. The average Bonchev–Trinajstić information content (AvgIpc) is 2.67. The van der Waals surface area contributed by atoms with Crippen molar-refractivity contribution in [2.24, 2.45) is 0 Å². The van der Waals surface area contributed by atoms with E-state index in [9.17, 15) is 29.5 Å². The van der Waals surface area contributed by atoms with Gasteiger partial charge in [-0.1, -0.05) is 0 Å². The van der Waals surface area contributed by atoms with Crippen LogP contribution in [0.5, 0.6) is 0 Å². The number of hydrogen-bond donors (Lipinski definition) is 7. The zero-order valence-electron chi connectivity index (χ0n) is 16.5. The van der Waals surface area contributed by atoms with Crippen LogP contribution in [0.15, 0.2) is 21.7 Å². The average molecular weight is 457 g/mol. The van der Waals surface area contributed by atoms with Gasteiger partial charge >= 0.3 is 19.2 Å². The van der Waals surface area contributed by atoms with Gasteiger partial charge in [-0.15, -0.1) is 0 Å². The van der Waals surface area contributed by atoms with E-state index in [-0.39, 0.29) is 11.2 Å². The molecular formula is C17H22N4O9P+. The first-order valence-electron chi connectivity index (χ1n) is 9.09. The molecule has 0 saturated heterocycles. The first-order chi connectivity index (χ1) is 14.4. The highest BCUT2D eigenvalue weighted by molar-refractivity contribution is 7.46. The largest absolute Gasteiger partial charge is 0.469 e. The maximum absolute atomic E-state index is 12.3. The second kappa shape index (κ2) is 8.55. The Hall–Kier alpha value is -2.51. The number of phosphoric ester groups is 1. The lowest BCUT2D eigenvalue weighted by atomic mass is 10.1. The van der Waals surface area contributed by atoms with Gasteiger partial charge in [0.25, 0.3) is 5.56 Å². The van der Waals surface area contributed by atoms with E-state index >= 15 is 0 Å². The Morgan fingerprint density at radius 3 is 2.39 bits per heavy atom. The summed E-state index contributed by atoms with van der Waals surface area (Å²) in [6, 6.07) is 3.44. The van der Waals surface area contributed by atoms with E-state index in [0.29, 0.717) is 11.0 Å². The van der Waals surface area contributed by atoms with Crippen LogP contribution >= 0.6 is 7.82 Å². The topological polar surface area (TPSA) is 210 Å². The van der Waals surface area contributed by atoms with E-state index in [4.69, 9.17) is 9.79 Å². The third-order valence-electron chi connectivity index (χ3n) is 4.85. The molecular weight excluding hydrogens is 435 g/mol. The van der Waals surface area contributed by atoms with Crippen molar-refractivity contribution in [3.8, 4) is 0 Å². The molecule has 3 aromatic rings. The molecule has 0 unspecified atom stereocenters. The number of H-pyrrole nitrogens is 2. The second-order valence-electron chi connectivity index (χ2n) is 7.16. The van der Waals surface area contributed by atoms with Crippen molar-refractivity contribution in [3.63, 3.8) is 0 Å². The van der Waals surface area contributed by atoms with Gasteiger partial charge in [-0.2, -0.15) is 4.98 Å². The van der Waals surface area contributed by atoms with E-state index < -0.39 is 50.5 Å². The van der Waals surface area contributed by atoms with Crippen LogP contribution in [0.3, 0.4) is 0 Å². The molecule has 2 aromatic heterocycles. The number of nitrogens with one attached hydrogen (secondary N) is 2. The van der Waals surface area contributed by atoms with Crippen LogP contribution in [-0.2, 0) is 15.6 Å². The lowest BCUT2D eigenvalue weighted by Crippen LogP contribution is -2.51. The lowest BCUT2D eigenvalue weighted by molar-refractivity contribution is -0.657. The fourth-order valence-corrected chi connectivity index (χ4v) is 3.46. The summed E-state index contributed by atoms with van der Waals surface area (Å²) in [6.07, 6.45) is -5.36. The Bertz CT molecular complexity index is 1300. The molecule has 14 heteroatoms. The molecule has 0 radical (unpaired) electrons. The summed E-state index contributed by atoms with van der Waals surface area (Å²) in [6.45, 7) is 2.35. The molecule has 0 aliphatic rings. The van der Waals surface area contributed by atoms with Gasteiger partial charge in [0.15, 0.2) is 5.52 Å². The van der Waals surface area contributed by atoms with Crippen molar-refractivity contribution in [2.45, 2.75) is 38.7 Å². The zero-order valence-corrected chi connectivity index (χ0v) is 17.4. The molecule has 2 heterocycles. The highest BCUT2D eigenvalue weighted by atomic mass is 31.2. The van der Waals surface area contributed by atoms with Gasteiger partial charge in [0.1, 0.15) is 30.4 Å². The highest BCUT2D eigenvalue weighted by Crippen LogP contribution is 2.35. The summed E-state index contributed by atoms with van der Waals surface area (Å²) < 4.78 is 16.3. The van der Waals surface area contributed by atoms with Crippen LogP contribution in [0.1, 0.15) is 11.1 Å². The van der Waals surface area contributed by atoms with E-state index in [0.717, 1.165) is 11.1 Å². The molecule has 0 bridgehead atoms. The number of fused-ring (bicyclic) bond motifs is 2. The molecule has 0 fully saturated rings. The number of aromatic nitrogens is 4. The fourth-order valence-electron chi connectivity index (χ4n) is 3.11. The van der Waals surface area contributed by atoms with E-state index in [1.807, 2.05) is 13.8 Å². The SMILES string of the molecule is Cc1cc2nc3c(=O)[nH]c(=O)[nH]c3[n+](C[C@@H](O)[C@@H](O)[C@@H](O)COP(=O)(O)O)c2cc1C. The molecule has 0 spiro atoms. The predicted octanol–water partition coefficient (Wildman–Crippen LogP) is -2.14. The maximum Gasteiger partial charge on any atom is 0.469 e. The molecule has 31 heavy (non-hydrogen) atoms. The number of nitrogens with zero attached hydrogens (tertiary/aromatic N) is 2. The number of aliphatic hydroxyl groups excluding tert-OH is 3. The maximum atomic E-state index is 12.3. The van der Waals surface area contributed by atoms with E-state index in [2.05, 4.69) is 19.5 Å². The van der Waals surface area contributed by atoms with Gasteiger partial charge in [-0.25, -0.2) is 18.9 Å². The predicted molar refractivity (Wildman–Crippen MR) is 106 cm³/mol. The van der Waals surface area contributed by atoms with Gasteiger partial charge in [-0.3, -0.25) is 14.3 Å². The molecule has 168 valence electrons. The van der Waals surface area contributed by atoms with E-state index in [1.165, 1.54) is 4.57 Å². The fraction of sp³-hybridized carbons (Fsp3) is 0.412. The molecule has 0 aliphatic carbocycles. The summed E-state index contributed by atoms with van der Waals surface area (Å²) in [7, 11) is -4.89. The van der Waals surface area contributed by atoms with E-state index in [1.54, 1.807) is 12.1 Å². The minimum Gasteiger partial charge on any atom is -0.388 e. The number of rotatable bonds is 7. The van der Waals surface area contributed by atoms with Crippen molar-refractivity contribution in [1.29, 1.82) is 0 Å². The molecule has 0 saturated carbocycles. The van der Waals surface area contributed by atoms with Crippen molar-refractivity contribution < 1.29 is 38.8 Å². The van der Waals surface area contributed by atoms with Gasteiger partial charge < -0.3 is 25.1 Å². The van der Waals surface area contributed by atoms with Crippen LogP contribution in [0.2, 0.25) is 0 Å². The number of aromatic amines is 2. The van der Waals surface area contributed by atoms with Crippen LogP contribution < -0.4 is 15.8 Å². The lowest BCUT2D eigenvalue weighted by Gasteiger charge is -2.22. The smallest absolute Gasteiger partial charge is 0.388 e. The Kier molecular flexibility index (Phi) is 6.39. The van der Waals surface area contributed by atoms with Crippen molar-refractivity contribution >= 4 is 30.0 Å². The first-order valence-corrected chi connectivity index (χ1v) is 10.6. The first kappa shape index (κ1) is 23.2. The van der Waals surface area contributed by atoms with Gasteiger partial charge in [0.05, 0.1) is 6.61 Å². The second-order valence-corrected chi connectivity index (χ2v) is 8.40. The highest BCUT2D eigenvalue weighted by Gasteiger charge is 2.31. The molecule has 13 nitrogen and oxygen atoms in total. The molecule has 1 aromatic carbocycles. The van der Waals surface area contributed by atoms with Crippen LogP contribution in [0.4, 0.5) is 0 Å². The zero-order chi connectivity index (χ0) is 23.1. The number of phosphoric acid groups is 1. The Morgan fingerprint density at radius 2 is 1.74 bits per heavy atom. The number of hydrogen-bond acceptors (Lipinski definition) is 8. The Morgan fingerprint density at radius 1 is 1.10 bits per heavy atom. The normalized spacial score (nSPS) is 15.3. The Balaban J connectivity index is 2.08. The molecule has 3 rings (SSSR count). The number of aryl methyl sites for hydroxylation is 2. The van der Waals surface area contributed by atoms with Gasteiger partial charge in [-0.05, 0) is 37.1 Å². The minimum absolute atomic E-state index is 0.0169. The van der Waals surface area contributed by atoms with Crippen LogP contribution in [0.25, 0.3) is 22.2 Å². The molecule has 0 amide bonds. The summed E-state index contributed by atoms with van der Waals surface area (Å²) in [5.74, 6) is 0. The van der Waals surface area contributed by atoms with Crippen LogP contribution in [-0.4, -0.2) is 65.0 Å². The quantitative estimate of drug-likeness (QED) is 0.116. The third kappa shape index (κ3) is 5.05. The number of aliphatic hydroxyl groups is 3. The molecule has 0 aliphatic heterocycles. The van der Waals surface area contributed by atoms with Gasteiger partial charge in [0, 0.05) is 0 Å². The molecule has 3 atom stereocenters. The van der Waals surface area contributed by atoms with Crippen molar-refractivity contribution in [1.82, 2.24) is 15.0 Å². The summed E-state index contributed by atoms with van der Waals surface area (Å²) in [5.41, 5.74) is 0.888. The van der Waals surface area contributed by atoms with Gasteiger partial charge in [0.2, 0.25) is 5.52 Å². The third-order valence-corrected chi connectivity index (χ3v) is 5.34. The summed E-state index contributed by atoms with van der Waals surface area (Å²) in [5, 5.41) is 30.6. The Labute approximate surface area is 173 Å².